The zero-order valence-electron chi connectivity index (χ0n) is 8.45. The molecule has 0 aliphatic carbocycles. The average Bonchev–Trinajstić information content (AvgIpc) is 2.22. The second-order valence-electron chi connectivity index (χ2n) is 3.13. The molecule has 1 rings (SSSR count). The molecule has 0 amide bonds. The predicted molar refractivity (Wildman–Crippen MR) is 51.7 cm³/mol. The molecule has 5 heteroatoms. The summed E-state index contributed by atoms with van der Waals surface area (Å²) < 4.78 is 17.7. The van der Waals surface area contributed by atoms with Crippen LogP contribution in [-0.4, -0.2) is 18.2 Å². The zero-order valence-corrected chi connectivity index (χ0v) is 8.45. The molecule has 1 atom stereocenters. The highest BCUT2D eigenvalue weighted by molar-refractivity contribution is 5.78. The van der Waals surface area contributed by atoms with Crippen molar-refractivity contribution in [2.75, 3.05) is 7.11 Å². The van der Waals surface area contributed by atoms with Crippen LogP contribution in [0.3, 0.4) is 0 Å². The van der Waals surface area contributed by atoms with Crippen LogP contribution in [0, 0.1) is 12.7 Å². The molecule has 0 spiro atoms. The third kappa shape index (κ3) is 2.07. The lowest BCUT2D eigenvalue weighted by Gasteiger charge is -2.13. The maximum Gasteiger partial charge on any atom is 0.327 e. The van der Waals surface area contributed by atoms with E-state index in [4.69, 9.17) is 5.73 Å². The third-order valence-electron chi connectivity index (χ3n) is 2.13. The number of phenols is 1. The highest BCUT2D eigenvalue weighted by Crippen LogP contribution is 2.29. The molecule has 0 saturated heterocycles. The Bertz CT molecular complexity index is 392. The van der Waals surface area contributed by atoms with Gasteiger partial charge in [0, 0.05) is 0 Å². The van der Waals surface area contributed by atoms with E-state index in [1.165, 1.54) is 6.07 Å². The number of nitrogens with two attached hydrogens (primary N) is 1. The highest BCUT2D eigenvalue weighted by atomic mass is 19.1. The molecule has 0 aliphatic rings. The maximum absolute atomic E-state index is 13.3. The third-order valence-corrected chi connectivity index (χ3v) is 2.13. The van der Waals surface area contributed by atoms with Gasteiger partial charge in [-0.15, -0.1) is 0 Å². The zero-order chi connectivity index (χ0) is 11.6. The first kappa shape index (κ1) is 11.5. The molecule has 0 radical (unpaired) electrons. The quantitative estimate of drug-likeness (QED) is 0.719. The normalized spacial score (nSPS) is 12.3. The largest absolute Gasteiger partial charge is 0.507 e. The Morgan fingerprint density at radius 2 is 2.20 bits per heavy atom. The minimum absolute atomic E-state index is 0.234. The van der Waals surface area contributed by atoms with Crippen LogP contribution in [0.15, 0.2) is 12.1 Å². The fraction of sp³-hybridized carbons (Fsp3) is 0.300. The summed E-state index contributed by atoms with van der Waals surface area (Å²) in [7, 11) is 1.15. The number of ether oxygens (including phenoxy) is 1. The summed E-state index contributed by atoms with van der Waals surface area (Å²) in [5.41, 5.74) is 5.66. The van der Waals surface area contributed by atoms with Gasteiger partial charge in [0.05, 0.1) is 12.7 Å². The fourth-order valence-corrected chi connectivity index (χ4v) is 1.23. The Morgan fingerprint density at radius 3 is 2.73 bits per heavy atom. The van der Waals surface area contributed by atoms with Gasteiger partial charge in [0.25, 0.3) is 0 Å². The number of carbonyl (C=O) groups excluding carboxylic acids is 1. The molecule has 0 heterocycles. The molecule has 3 N–H and O–H groups in total. The van der Waals surface area contributed by atoms with Crippen LogP contribution in [0.2, 0.25) is 0 Å². The van der Waals surface area contributed by atoms with Gasteiger partial charge < -0.3 is 15.6 Å². The molecule has 0 aromatic heterocycles. The lowest BCUT2D eigenvalue weighted by atomic mass is 10.0. The molecule has 0 aliphatic heterocycles. The van der Waals surface area contributed by atoms with Crippen molar-refractivity contribution in [1.82, 2.24) is 0 Å². The Labute approximate surface area is 86.5 Å². The fourth-order valence-electron chi connectivity index (χ4n) is 1.23. The number of aromatic hydroxyl groups is 1. The smallest absolute Gasteiger partial charge is 0.327 e. The molecule has 0 unspecified atom stereocenters. The number of hydrogen-bond acceptors (Lipinski definition) is 4. The first-order chi connectivity index (χ1) is 6.99. The van der Waals surface area contributed by atoms with Crippen LogP contribution in [0.25, 0.3) is 0 Å². The van der Waals surface area contributed by atoms with Gasteiger partial charge >= 0.3 is 5.97 Å². The summed E-state index contributed by atoms with van der Waals surface area (Å²) >= 11 is 0. The average molecular weight is 213 g/mol. The van der Waals surface area contributed by atoms with Gasteiger partial charge in [0.15, 0.2) is 0 Å². The van der Waals surface area contributed by atoms with Crippen molar-refractivity contribution < 1.29 is 19.0 Å². The Morgan fingerprint density at radius 1 is 1.60 bits per heavy atom. The van der Waals surface area contributed by atoms with E-state index in [1.54, 1.807) is 6.92 Å². The van der Waals surface area contributed by atoms with Crippen molar-refractivity contribution >= 4 is 5.97 Å². The van der Waals surface area contributed by atoms with Crippen LogP contribution in [-0.2, 0) is 9.53 Å². The molecular weight excluding hydrogens is 201 g/mol. The van der Waals surface area contributed by atoms with Gasteiger partial charge in [0.2, 0.25) is 0 Å². The first-order valence-corrected chi connectivity index (χ1v) is 4.30. The summed E-state index contributed by atoms with van der Waals surface area (Å²) in [5, 5.41) is 9.57. The van der Waals surface area contributed by atoms with Gasteiger partial charge in [-0.2, -0.15) is 0 Å². The molecule has 1 aromatic carbocycles. The van der Waals surface area contributed by atoms with Gasteiger partial charge in [0.1, 0.15) is 17.6 Å². The van der Waals surface area contributed by atoms with Crippen molar-refractivity contribution in [1.29, 1.82) is 0 Å². The van der Waals surface area contributed by atoms with E-state index in [0.29, 0.717) is 5.56 Å². The molecule has 0 bridgehead atoms. The van der Waals surface area contributed by atoms with Gasteiger partial charge in [-0.3, -0.25) is 4.79 Å². The number of halogens is 1. The number of methoxy groups -OCH3 is 1. The van der Waals surface area contributed by atoms with Crippen LogP contribution < -0.4 is 5.73 Å². The van der Waals surface area contributed by atoms with Crippen molar-refractivity contribution in [3.8, 4) is 5.75 Å². The molecular formula is C10H12FNO3. The molecule has 4 nitrogen and oxygen atoms in total. The minimum atomic E-state index is -1.31. The Kier molecular flexibility index (Phi) is 3.26. The number of rotatable bonds is 2. The van der Waals surface area contributed by atoms with E-state index in [2.05, 4.69) is 4.74 Å². The summed E-state index contributed by atoms with van der Waals surface area (Å²) in [5.74, 6) is -1.83. The molecule has 0 saturated carbocycles. The Balaban J connectivity index is 3.24. The number of phenolic OH excluding ortho intramolecular Hbond substituents is 1. The van der Waals surface area contributed by atoms with Crippen molar-refractivity contribution in [3.05, 3.63) is 29.1 Å². The summed E-state index contributed by atoms with van der Waals surface area (Å²) in [6.45, 7) is 1.59. The number of esters is 1. The molecule has 82 valence electrons. The van der Waals surface area contributed by atoms with E-state index in [0.717, 1.165) is 13.2 Å². The SMILES string of the molecule is COC(=O)[C@H](N)c1c(F)ccc(C)c1O. The lowest BCUT2D eigenvalue weighted by molar-refractivity contribution is -0.142. The van der Waals surface area contributed by atoms with Crippen LogP contribution in [0.4, 0.5) is 4.39 Å². The minimum Gasteiger partial charge on any atom is -0.507 e. The van der Waals surface area contributed by atoms with E-state index >= 15 is 0 Å². The number of aryl methyl sites for hydroxylation is 1. The molecule has 15 heavy (non-hydrogen) atoms. The number of hydrogen-bond donors (Lipinski definition) is 2. The van der Waals surface area contributed by atoms with E-state index in [-0.39, 0.29) is 11.3 Å². The van der Waals surface area contributed by atoms with E-state index in [1.807, 2.05) is 0 Å². The van der Waals surface area contributed by atoms with Crippen LogP contribution in [0.5, 0.6) is 5.75 Å². The van der Waals surface area contributed by atoms with Crippen molar-refractivity contribution in [2.24, 2.45) is 5.73 Å². The highest BCUT2D eigenvalue weighted by Gasteiger charge is 2.24. The predicted octanol–water partition coefficient (Wildman–Crippen LogP) is 1.01. The van der Waals surface area contributed by atoms with Gasteiger partial charge in [-0.05, 0) is 18.6 Å². The lowest BCUT2D eigenvalue weighted by Crippen LogP contribution is -2.24. The summed E-state index contributed by atoms with van der Waals surface area (Å²) in [6, 6.07) is 1.24. The van der Waals surface area contributed by atoms with Crippen molar-refractivity contribution in [2.45, 2.75) is 13.0 Å². The monoisotopic (exact) mass is 213 g/mol. The molecule has 0 fully saturated rings. The number of benzene rings is 1. The topological polar surface area (TPSA) is 72.5 Å². The van der Waals surface area contributed by atoms with Crippen molar-refractivity contribution in [3.63, 3.8) is 0 Å². The van der Waals surface area contributed by atoms with E-state index in [9.17, 15) is 14.3 Å². The number of carbonyl (C=O) groups is 1. The van der Waals surface area contributed by atoms with Gasteiger partial charge in [-0.1, -0.05) is 6.07 Å². The summed E-state index contributed by atoms with van der Waals surface area (Å²) in [6.07, 6.45) is 0. The maximum atomic E-state index is 13.3. The molecule has 1 aromatic rings. The second-order valence-corrected chi connectivity index (χ2v) is 3.13. The summed E-state index contributed by atoms with van der Waals surface area (Å²) in [4.78, 5) is 11.1. The second kappa shape index (κ2) is 4.27. The van der Waals surface area contributed by atoms with Gasteiger partial charge in [-0.25, -0.2) is 4.39 Å². The van der Waals surface area contributed by atoms with Crippen LogP contribution in [0.1, 0.15) is 17.2 Å². The first-order valence-electron chi connectivity index (χ1n) is 4.30. The van der Waals surface area contributed by atoms with Crippen LogP contribution >= 0.6 is 0 Å². The van der Waals surface area contributed by atoms with E-state index < -0.39 is 17.8 Å². The standard InChI is InChI=1S/C10H12FNO3/c1-5-3-4-6(11)7(9(5)13)8(12)10(14)15-2/h3-4,8,13H,12H2,1-2H3/t8-/m1/s1. The Hall–Kier alpha value is -1.62.